The molecular weight excluding hydrogens is 387 g/mol. The lowest BCUT2D eigenvalue weighted by atomic mass is 10.1. The number of aromatic nitrogens is 1. The number of imide groups is 1. The Balaban J connectivity index is 1.62. The highest BCUT2D eigenvalue weighted by atomic mass is 19.2. The van der Waals surface area contributed by atoms with Gasteiger partial charge in [0.15, 0.2) is 17.5 Å². The van der Waals surface area contributed by atoms with E-state index in [1.807, 2.05) is 0 Å². The molecule has 0 radical (unpaired) electrons. The fraction of sp³-hybridized carbons (Fsp3) is 0. The zero-order chi connectivity index (χ0) is 20.7. The first-order valence-corrected chi connectivity index (χ1v) is 8.27. The fourth-order valence-electron chi connectivity index (χ4n) is 2.92. The monoisotopic (exact) mass is 397 g/mol. The van der Waals surface area contributed by atoms with Crippen LogP contribution in [0.5, 0.6) is 0 Å². The van der Waals surface area contributed by atoms with Gasteiger partial charge in [-0.2, -0.15) is 0 Å². The number of anilines is 2. The van der Waals surface area contributed by atoms with E-state index in [1.165, 1.54) is 42.6 Å². The van der Waals surface area contributed by atoms with Crippen LogP contribution >= 0.6 is 0 Å². The predicted octanol–water partition coefficient (Wildman–Crippen LogP) is 3.55. The molecule has 0 spiro atoms. The number of hydrogen-bond acceptors (Lipinski definition) is 4. The Hall–Kier alpha value is -4.01. The number of carbonyl (C=O) groups is 3. The Kier molecular flexibility index (Phi) is 4.34. The third-order valence-corrected chi connectivity index (χ3v) is 4.29. The molecule has 1 aliphatic heterocycles. The molecule has 0 aliphatic carbocycles. The number of pyridine rings is 1. The van der Waals surface area contributed by atoms with Crippen LogP contribution in [0.4, 0.5) is 24.5 Å². The average molecular weight is 397 g/mol. The highest BCUT2D eigenvalue weighted by molar-refractivity contribution is 6.33. The number of rotatable bonds is 3. The number of carbonyl (C=O) groups excluding carboxylic acids is 3. The third kappa shape index (κ3) is 3.02. The van der Waals surface area contributed by atoms with E-state index < -0.39 is 40.7 Å². The molecule has 0 atom stereocenters. The van der Waals surface area contributed by atoms with E-state index in [-0.39, 0.29) is 22.6 Å². The average Bonchev–Trinajstić information content (AvgIpc) is 2.97. The second-order valence-electron chi connectivity index (χ2n) is 6.07. The lowest BCUT2D eigenvalue weighted by Crippen LogP contribution is -2.29. The smallest absolute Gasteiger partial charge is 0.284 e. The lowest BCUT2D eigenvalue weighted by Gasteiger charge is -2.15. The first kappa shape index (κ1) is 18.4. The van der Waals surface area contributed by atoms with E-state index in [0.717, 1.165) is 11.0 Å². The molecule has 3 aromatic rings. The van der Waals surface area contributed by atoms with Crippen LogP contribution in [0.2, 0.25) is 0 Å². The molecule has 2 aromatic carbocycles. The molecule has 3 amide bonds. The van der Waals surface area contributed by atoms with Gasteiger partial charge in [0.1, 0.15) is 5.69 Å². The summed E-state index contributed by atoms with van der Waals surface area (Å²) in [6, 6.07) is 10.1. The van der Waals surface area contributed by atoms with Gasteiger partial charge >= 0.3 is 0 Å². The Labute approximate surface area is 161 Å². The van der Waals surface area contributed by atoms with Crippen LogP contribution in [0.25, 0.3) is 0 Å². The predicted molar refractivity (Wildman–Crippen MR) is 96.1 cm³/mol. The van der Waals surface area contributed by atoms with Crippen molar-refractivity contribution in [3.8, 4) is 0 Å². The van der Waals surface area contributed by atoms with E-state index in [2.05, 4.69) is 10.3 Å². The van der Waals surface area contributed by atoms with E-state index in [0.29, 0.717) is 6.07 Å². The molecule has 9 heteroatoms. The van der Waals surface area contributed by atoms with E-state index >= 15 is 0 Å². The van der Waals surface area contributed by atoms with Gasteiger partial charge in [-0.05, 0) is 42.5 Å². The summed E-state index contributed by atoms with van der Waals surface area (Å²) in [5.74, 6) is -7.02. The van der Waals surface area contributed by atoms with Gasteiger partial charge in [0.05, 0.1) is 16.8 Å². The van der Waals surface area contributed by atoms with Gasteiger partial charge in [0.25, 0.3) is 17.7 Å². The SMILES string of the molecule is O=C(Nc1cccc(N2C(=O)c3cccnc3C2=O)c1)c1ccc(F)c(F)c1F. The third-order valence-electron chi connectivity index (χ3n) is 4.29. The number of amides is 3. The molecule has 29 heavy (non-hydrogen) atoms. The molecule has 1 aromatic heterocycles. The molecule has 4 rings (SSSR count). The molecular formula is C20H10F3N3O3. The summed E-state index contributed by atoms with van der Waals surface area (Å²) in [6.07, 6.45) is 1.39. The minimum absolute atomic E-state index is 0.01000. The first-order chi connectivity index (χ1) is 13.9. The zero-order valence-electron chi connectivity index (χ0n) is 14.4. The number of nitrogens with zero attached hydrogens (tertiary/aromatic N) is 2. The Morgan fingerprint density at radius 2 is 1.72 bits per heavy atom. The maximum Gasteiger partial charge on any atom is 0.284 e. The number of nitrogens with one attached hydrogen (secondary N) is 1. The van der Waals surface area contributed by atoms with Gasteiger partial charge in [-0.25, -0.2) is 18.1 Å². The summed E-state index contributed by atoms with van der Waals surface area (Å²) in [5, 5.41) is 2.33. The summed E-state index contributed by atoms with van der Waals surface area (Å²) in [4.78, 5) is 42.1. The van der Waals surface area contributed by atoms with Crippen molar-refractivity contribution >= 4 is 29.1 Å². The summed E-state index contributed by atoms with van der Waals surface area (Å²) >= 11 is 0. The second kappa shape index (κ2) is 6.86. The van der Waals surface area contributed by atoms with Crippen molar-refractivity contribution in [2.45, 2.75) is 0 Å². The maximum atomic E-state index is 13.8. The quantitative estimate of drug-likeness (QED) is 0.542. The summed E-state index contributed by atoms with van der Waals surface area (Å²) in [6.45, 7) is 0. The number of halogens is 3. The van der Waals surface area contributed by atoms with Crippen LogP contribution < -0.4 is 10.2 Å². The standard InChI is InChI=1S/C20H10F3N3O3/c21-14-7-6-12(15(22)16(14)23)18(27)25-10-3-1-4-11(9-10)26-19(28)13-5-2-8-24-17(13)20(26)29/h1-9H,(H,25,27). The molecule has 144 valence electrons. The van der Waals surface area contributed by atoms with Crippen LogP contribution in [0, 0.1) is 17.5 Å². The van der Waals surface area contributed by atoms with Gasteiger partial charge in [-0.3, -0.25) is 19.4 Å². The van der Waals surface area contributed by atoms with Gasteiger partial charge < -0.3 is 5.32 Å². The van der Waals surface area contributed by atoms with Crippen LogP contribution in [0.1, 0.15) is 31.2 Å². The number of fused-ring (bicyclic) bond motifs is 1. The number of hydrogen-bond donors (Lipinski definition) is 1. The summed E-state index contributed by atoms with van der Waals surface area (Å²) in [7, 11) is 0. The Morgan fingerprint density at radius 1 is 0.931 bits per heavy atom. The molecule has 0 bridgehead atoms. The van der Waals surface area contributed by atoms with Gasteiger partial charge in [0, 0.05) is 11.9 Å². The summed E-state index contributed by atoms with van der Waals surface area (Å²) in [5.41, 5.74) is -0.270. The van der Waals surface area contributed by atoms with Crippen molar-refractivity contribution in [3.05, 3.63) is 89.0 Å². The molecule has 0 fully saturated rings. The van der Waals surface area contributed by atoms with E-state index in [1.54, 1.807) is 0 Å². The normalized spacial score (nSPS) is 12.9. The van der Waals surface area contributed by atoms with Gasteiger partial charge in [-0.15, -0.1) is 0 Å². The molecule has 1 N–H and O–H groups in total. The highest BCUT2D eigenvalue weighted by Gasteiger charge is 2.37. The topological polar surface area (TPSA) is 79.4 Å². The minimum atomic E-state index is -1.76. The van der Waals surface area contributed by atoms with Crippen molar-refractivity contribution in [1.29, 1.82) is 0 Å². The van der Waals surface area contributed by atoms with Gasteiger partial charge in [0.2, 0.25) is 0 Å². The van der Waals surface area contributed by atoms with Crippen LogP contribution in [-0.2, 0) is 0 Å². The molecule has 6 nitrogen and oxygen atoms in total. The fourth-order valence-corrected chi connectivity index (χ4v) is 2.92. The van der Waals surface area contributed by atoms with Gasteiger partial charge in [-0.1, -0.05) is 6.07 Å². The van der Waals surface area contributed by atoms with Crippen LogP contribution in [0.15, 0.2) is 54.7 Å². The molecule has 1 aliphatic rings. The van der Waals surface area contributed by atoms with Crippen LogP contribution in [0.3, 0.4) is 0 Å². The Bertz CT molecular complexity index is 1160. The number of benzene rings is 2. The van der Waals surface area contributed by atoms with Crippen molar-refractivity contribution in [2.75, 3.05) is 10.2 Å². The van der Waals surface area contributed by atoms with Crippen molar-refractivity contribution in [2.24, 2.45) is 0 Å². The van der Waals surface area contributed by atoms with Crippen molar-refractivity contribution in [1.82, 2.24) is 4.98 Å². The molecule has 0 saturated carbocycles. The Morgan fingerprint density at radius 3 is 2.48 bits per heavy atom. The first-order valence-electron chi connectivity index (χ1n) is 8.27. The van der Waals surface area contributed by atoms with E-state index in [9.17, 15) is 27.6 Å². The van der Waals surface area contributed by atoms with E-state index in [4.69, 9.17) is 0 Å². The molecule has 0 saturated heterocycles. The van der Waals surface area contributed by atoms with Crippen molar-refractivity contribution in [3.63, 3.8) is 0 Å². The second-order valence-corrected chi connectivity index (χ2v) is 6.07. The zero-order valence-corrected chi connectivity index (χ0v) is 14.4. The van der Waals surface area contributed by atoms with Crippen molar-refractivity contribution < 1.29 is 27.6 Å². The molecule has 0 unspecified atom stereocenters. The minimum Gasteiger partial charge on any atom is -0.322 e. The molecule has 2 heterocycles. The summed E-state index contributed by atoms with van der Waals surface area (Å²) < 4.78 is 40.2. The largest absolute Gasteiger partial charge is 0.322 e. The maximum absolute atomic E-state index is 13.8. The highest BCUT2D eigenvalue weighted by Crippen LogP contribution is 2.29. The van der Waals surface area contributed by atoms with Crippen LogP contribution in [-0.4, -0.2) is 22.7 Å². The lowest BCUT2D eigenvalue weighted by molar-refractivity contribution is 0.0923.